The maximum absolute atomic E-state index is 11.6. The van der Waals surface area contributed by atoms with Crippen LogP contribution < -0.4 is 0 Å². The van der Waals surface area contributed by atoms with Gasteiger partial charge in [-0.05, 0) is 12.0 Å². The molecule has 2 rings (SSSR count). The van der Waals surface area contributed by atoms with Crippen LogP contribution in [0.2, 0.25) is 0 Å². The van der Waals surface area contributed by atoms with Gasteiger partial charge in [0.05, 0.1) is 18.8 Å². The van der Waals surface area contributed by atoms with Crippen molar-refractivity contribution in [2.75, 3.05) is 13.2 Å². The van der Waals surface area contributed by atoms with Crippen LogP contribution >= 0.6 is 7.60 Å². The maximum Gasteiger partial charge on any atom is 0.333 e. The van der Waals surface area contributed by atoms with Gasteiger partial charge in [0.1, 0.15) is 0 Å². The summed E-state index contributed by atoms with van der Waals surface area (Å²) in [5, 5.41) is 1.13. The van der Waals surface area contributed by atoms with E-state index in [-0.39, 0.29) is 25.5 Å². The third-order valence-electron chi connectivity index (χ3n) is 3.03. The van der Waals surface area contributed by atoms with Gasteiger partial charge < -0.3 is 9.79 Å². The number of hydrogen-bond donors (Lipinski definition) is 2. The van der Waals surface area contributed by atoms with Crippen LogP contribution in [0.3, 0.4) is 0 Å². The van der Waals surface area contributed by atoms with Gasteiger partial charge in [0.15, 0.2) is 0 Å². The Morgan fingerprint density at radius 1 is 1.30 bits per heavy atom. The summed E-state index contributed by atoms with van der Waals surface area (Å²) in [4.78, 5) is 35.6. The van der Waals surface area contributed by atoms with Crippen molar-refractivity contribution in [2.45, 2.75) is 12.1 Å². The molecular formula is C13H16NO5P. The van der Waals surface area contributed by atoms with Crippen LogP contribution in [0.1, 0.15) is 17.6 Å². The molecule has 1 atom stereocenters. The maximum atomic E-state index is 11.6. The minimum absolute atomic E-state index is 0.133. The number of rotatable bonds is 5. The predicted octanol–water partition coefficient (Wildman–Crippen LogP) is 1.63. The molecule has 0 spiro atoms. The first-order valence-corrected chi connectivity index (χ1v) is 7.88. The fraction of sp³-hybridized carbons (Fsp3) is 0.308. The molecule has 0 aliphatic carbocycles. The Bertz CT molecular complexity index is 539. The number of amides is 1. The number of carbonyl (C=O) groups excluding carboxylic acids is 1. The van der Waals surface area contributed by atoms with E-state index >= 15 is 0 Å². The molecule has 0 fully saturated rings. The lowest BCUT2D eigenvalue weighted by atomic mass is 10.1. The number of hydrogen-bond acceptors (Lipinski definition) is 3. The molecule has 0 radical (unpaired) electrons. The standard InChI is InChI=1S/C13H16NO5P/c15-13-7-4-10-19-14(13)9-8-12(20(16,17)18)11-5-2-1-3-6-11/h1-7,12H,8-10H2,(H2,16,17,18). The molecular weight excluding hydrogens is 281 g/mol. The number of nitrogens with zero attached hydrogens (tertiary/aromatic N) is 1. The first kappa shape index (κ1) is 14.9. The van der Waals surface area contributed by atoms with Gasteiger partial charge in [0, 0.05) is 6.08 Å². The number of carbonyl (C=O) groups is 1. The molecule has 7 heteroatoms. The summed E-state index contributed by atoms with van der Waals surface area (Å²) >= 11 is 0. The molecule has 0 saturated carbocycles. The second-order valence-electron chi connectivity index (χ2n) is 4.44. The first-order chi connectivity index (χ1) is 9.48. The lowest BCUT2D eigenvalue weighted by molar-refractivity contribution is -0.180. The summed E-state index contributed by atoms with van der Waals surface area (Å²) in [5.74, 6) is -0.311. The molecule has 0 bridgehead atoms. The molecule has 0 saturated heterocycles. The molecule has 1 aliphatic rings. The average Bonchev–Trinajstić information content (AvgIpc) is 2.41. The summed E-state index contributed by atoms with van der Waals surface area (Å²) in [6.07, 6.45) is 3.11. The van der Waals surface area contributed by atoms with Gasteiger partial charge in [-0.1, -0.05) is 36.4 Å². The smallest absolute Gasteiger partial charge is 0.324 e. The zero-order valence-corrected chi connectivity index (χ0v) is 11.6. The van der Waals surface area contributed by atoms with Gasteiger partial charge in [-0.15, -0.1) is 0 Å². The van der Waals surface area contributed by atoms with Crippen LogP contribution in [0.25, 0.3) is 0 Å². The van der Waals surface area contributed by atoms with Gasteiger partial charge in [-0.25, -0.2) is 5.06 Å². The van der Waals surface area contributed by atoms with Crippen molar-refractivity contribution in [3.8, 4) is 0 Å². The van der Waals surface area contributed by atoms with Crippen LogP contribution in [-0.2, 0) is 14.2 Å². The summed E-state index contributed by atoms with van der Waals surface area (Å²) < 4.78 is 11.6. The fourth-order valence-corrected chi connectivity index (χ4v) is 3.06. The Labute approximate surface area is 116 Å². The molecule has 0 aromatic heterocycles. The molecule has 2 N–H and O–H groups in total. The van der Waals surface area contributed by atoms with Crippen molar-refractivity contribution in [3.05, 3.63) is 48.0 Å². The van der Waals surface area contributed by atoms with Crippen LogP contribution in [0.4, 0.5) is 0 Å². The van der Waals surface area contributed by atoms with Crippen LogP contribution in [-0.4, -0.2) is 33.9 Å². The van der Waals surface area contributed by atoms with E-state index in [0.717, 1.165) is 5.06 Å². The summed E-state index contributed by atoms with van der Waals surface area (Å²) in [7, 11) is -4.30. The van der Waals surface area contributed by atoms with E-state index < -0.39 is 13.3 Å². The molecule has 1 heterocycles. The highest BCUT2D eigenvalue weighted by Gasteiger charge is 2.31. The Morgan fingerprint density at radius 3 is 2.60 bits per heavy atom. The summed E-state index contributed by atoms with van der Waals surface area (Å²) in [5.41, 5.74) is -0.383. The quantitative estimate of drug-likeness (QED) is 0.807. The normalized spacial score (nSPS) is 17.3. The van der Waals surface area contributed by atoms with Crippen LogP contribution in [0.5, 0.6) is 0 Å². The number of benzene rings is 1. The van der Waals surface area contributed by atoms with E-state index in [1.807, 2.05) is 0 Å². The highest BCUT2D eigenvalue weighted by molar-refractivity contribution is 7.52. The minimum Gasteiger partial charge on any atom is -0.324 e. The zero-order chi connectivity index (χ0) is 14.6. The topological polar surface area (TPSA) is 87.1 Å². The SMILES string of the molecule is O=C1C=CCON1CCC(c1ccccc1)P(=O)(O)O. The van der Waals surface area contributed by atoms with Crippen molar-refractivity contribution in [2.24, 2.45) is 0 Å². The van der Waals surface area contributed by atoms with Gasteiger partial charge in [-0.2, -0.15) is 0 Å². The van der Waals surface area contributed by atoms with E-state index in [0.29, 0.717) is 5.56 Å². The van der Waals surface area contributed by atoms with Crippen molar-refractivity contribution in [3.63, 3.8) is 0 Å². The van der Waals surface area contributed by atoms with Gasteiger partial charge >= 0.3 is 7.60 Å². The van der Waals surface area contributed by atoms with Gasteiger partial charge in [-0.3, -0.25) is 14.2 Å². The Hall–Kier alpha value is -1.46. The third kappa shape index (κ3) is 3.77. The van der Waals surface area contributed by atoms with Gasteiger partial charge in [0.2, 0.25) is 0 Å². The van der Waals surface area contributed by atoms with Crippen molar-refractivity contribution < 1.29 is 24.0 Å². The summed E-state index contributed by atoms with van der Waals surface area (Å²) in [6.45, 7) is 0.422. The van der Waals surface area contributed by atoms with E-state index in [2.05, 4.69) is 0 Å². The van der Waals surface area contributed by atoms with E-state index in [4.69, 9.17) is 4.84 Å². The molecule has 1 aliphatic heterocycles. The minimum atomic E-state index is -4.30. The van der Waals surface area contributed by atoms with Gasteiger partial charge in [0.25, 0.3) is 5.91 Å². The fourth-order valence-electron chi connectivity index (χ4n) is 2.05. The van der Waals surface area contributed by atoms with Crippen molar-refractivity contribution in [1.29, 1.82) is 0 Å². The second kappa shape index (κ2) is 6.33. The van der Waals surface area contributed by atoms with E-state index in [1.165, 1.54) is 6.08 Å². The summed E-state index contributed by atoms with van der Waals surface area (Å²) in [6, 6.07) is 8.57. The highest BCUT2D eigenvalue weighted by atomic mass is 31.2. The van der Waals surface area contributed by atoms with E-state index in [9.17, 15) is 19.1 Å². The van der Waals surface area contributed by atoms with Crippen molar-refractivity contribution >= 4 is 13.5 Å². The van der Waals surface area contributed by atoms with Crippen LogP contribution in [0, 0.1) is 0 Å². The van der Waals surface area contributed by atoms with Crippen LogP contribution in [0.15, 0.2) is 42.5 Å². The van der Waals surface area contributed by atoms with E-state index in [1.54, 1.807) is 36.4 Å². The molecule has 6 nitrogen and oxygen atoms in total. The lowest BCUT2D eigenvalue weighted by Gasteiger charge is -2.25. The Morgan fingerprint density at radius 2 is 2.00 bits per heavy atom. The second-order valence-corrected chi connectivity index (χ2v) is 6.24. The Kier molecular flexibility index (Phi) is 4.73. The largest absolute Gasteiger partial charge is 0.333 e. The molecule has 108 valence electrons. The lowest BCUT2D eigenvalue weighted by Crippen LogP contribution is -2.34. The highest BCUT2D eigenvalue weighted by Crippen LogP contribution is 2.53. The molecule has 1 amide bonds. The third-order valence-corrected chi connectivity index (χ3v) is 4.40. The predicted molar refractivity (Wildman–Crippen MR) is 72.6 cm³/mol. The Balaban J connectivity index is 2.08. The molecule has 1 unspecified atom stereocenters. The molecule has 1 aromatic rings. The number of hydroxylamine groups is 2. The van der Waals surface area contributed by atoms with Crippen molar-refractivity contribution in [1.82, 2.24) is 5.06 Å². The molecule has 20 heavy (non-hydrogen) atoms. The average molecular weight is 297 g/mol. The first-order valence-electron chi connectivity index (χ1n) is 6.19. The monoisotopic (exact) mass is 297 g/mol. The molecule has 1 aromatic carbocycles. The zero-order valence-electron chi connectivity index (χ0n) is 10.8.